The van der Waals surface area contributed by atoms with Gasteiger partial charge in [-0.2, -0.15) is 0 Å². The van der Waals surface area contributed by atoms with Gasteiger partial charge in [0.15, 0.2) is 0 Å². The van der Waals surface area contributed by atoms with Crippen LogP contribution in [0.15, 0.2) is 29.3 Å². The Labute approximate surface area is 90.5 Å². The summed E-state index contributed by atoms with van der Waals surface area (Å²) in [5.41, 5.74) is 1.40. The van der Waals surface area contributed by atoms with Crippen molar-refractivity contribution in [1.82, 2.24) is 0 Å². The zero-order chi connectivity index (χ0) is 10.7. The van der Waals surface area contributed by atoms with Crippen LogP contribution in [0.25, 0.3) is 0 Å². The van der Waals surface area contributed by atoms with Gasteiger partial charge in [0.25, 0.3) is 0 Å². The molecule has 0 unspecified atom stereocenters. The number of halogens is 2. The molecular weight excluding hydrogens is 247 g/mol. The van der Waals surface area contributed by atoms with E-state index < -0.39 is 0 Å². The van der Waals surface area contributed by atoms with E-state index in [0.29, 0.717) is 15.7 Å². The normalized spacial score (nSPS) is 9.64. The van der Waals surface area contributed by atoms with Crippen LogP contribution in [0.4, 0.5) is 10.1 Å². The summed E-state index contributed by atoms with van der Waals surface area (Å²) < 4.78 is 13.6. The minimum absolute atomic E-state index is 0.195. The van der Waals surface area contributed by atoms with E-state index in [2.05, 4.69) is 27.8 Å². The Hall–Kier alpha value is -1.16. The Balaban J connectivity index is 3.33. The van der Waals surface area contributed by atoms with Crippen molar-refractivity contribution in [2.75, 3.05) is 12.4 Å². The molecule has 4 heteroatoms. The third-order valence-electron chi connectivity index (χ3n) is 1.82. The number of benzene rings is 1. The Morgan fingerprint density at radius 2 is 2.29 bits per heavy atom. The predicted molar refractivity (Wildman–Crippen MR) is 60.7 cm³/mol. The Morgan fingerprint density at radius 1 is 1.64 bits per heavy atom. The maximum atomic E-state index is 13.2. The molecule has 0 saturated carbocycles. The highest BCUT2D eigenvalue weighted by molar-refractivity contribution is 9.10. The van der Waals surface area contributed by atoms with Crippen molar-refractivity contribution in [2.45, 2.75) is 0 Å². The molecule has 0 spiro atoms. The van der Waals surface area contributed by atoms with Crippen LogP contribution in [0.5, 0.6) is 0 Å². The molecule has 1 rings (SSSR count). The maximum absolute atomic E-state index is 13.2. The lowest BCUT2D eigenvalue weighted by Gasteiger charge is -2.09. The van der Waals surface area contributed by atoms with Crippen LogP contribution in [0.2, 0.25) is 0 Å². The van der Waals surface area contributed by atoms with Crippen molar-refractivity contribution in [3.8, 4) is 0 Å². The van der Waals surface area contributed by atoms with Gasteiger partial charge >= 0.3 is 0 Å². The number of nitrogens with one attached hydrogen (secondary N) is 2. The van der Waals surface area contributed by atoms with Crippen molar-refractivity contribution in [3.05, 3.63) is 40.6 Å². The highest BCUT2D eigenvalue weighted by Gasteiger charge is 2.09. The molecule has 0 aromatic heterocycles. The second-order valence-corrected chi connectivity index (χ2v) is 3.53. The third-order valence-corrected chi connectivity index (χ3v) is 2.43. The molecule has 0 saturated heterocycles. The van der Waals surface area contributed by atoms with Crippen LogP contribution in [0.3, 0.4) is 0 Å². The van der Waals surface area contributed by atoms with Crippen molar-refractivity contribution in [1.29, 1.82) is 5.41 Å². The maximum Gasteiger partial charge on any atom is 0.138 e. The van der Waals surface area contributed by atoms with Gasteiger partial charge in [-0.05, 0) is 34.1 Å². The average Bonchev–Trinajstić information content (AvgIpc) is 2.20. The van der Waals surface area contributed by atoms with Gasteiger partial charge < -0.3 is 10.7 Å². The van der Waals surface area contributed by atoms with Gasteiger partial charge in [0, 0.05) is 18.3 Å². The summed E-state index contributed by atoms with van der Waals surface area (Å²) in [5.74, 6) is -0.384. The summed E-state index contributed by atoms with van der Waals surface area (Å²) >= 11 is 3.08. The molecule has 2 N–H and O–H groups in total. The Bertz CT molecular complexity index is 388. The molecule has 1 aromatic rings. The lowest BCUT2D eigenvalue weighted by atomic mass is 10.1. The molecule has 2 nitrogen and oxygen atoms in total. The molecule has 0 amide bonds. The number of allylic oxidation sites excluding steroid dienone is 1. The zero-order valence-corrected chi connectivity index (χ0v) is 9.28. The Kier molecular flexibility index (Phi) is 3.41. The molecule has 0 fully saturated rings. The van der Waals surface area contributed by atoms with E-state index in [1.54, 1.807) is 13.1 Å². The SMILES string of the molecule is C=CC(=N)c1cc(F)c(Br)cc1NC. The highest BCUT2D eigenvalue weighted by Crippen LogP contribution is 2.24. The highest BCUT2D eigenvalue weighted by atomic mass is 79.9. The number of anilines is 1. The summed E-state index contributed by atoms with van der Waals surface area (Å²) in [5, 5.41) is 10.4. The van der Waals surface area contributed by atoms with Crippen molar-refractivity contribution in [2.24, 2.45) is 0 Å². The summed E-state index contributed by atoms with van der Waals surface area (Å²) in [4.78, 5) is 0. The van der Waals surface area contributed by atoms with E-state index >= 15 is 0 Å². The fourth-order valence-electron chi connectivity index (χ4n) is 1.09. The fourth-order valence-corrected chi connectivity index (χ4v) is 1.43. The van der Waals surface area contributed by atoms with Crippen LogP contribution >= 0.6 is 15.9 Å². The smallest absolute Gasteiger partial charge is 0.138 e. The lowest BCUT2D eigenvalue weighted by Crippen LogP contribution is -2.02. The monoisotopic (exact) mass is 256 g/mol. The van der Waals surface area contributed by atoms with Gasteiger partial charge in [-0.25, -0.2) is 4.39 Å². The summed E-state index contributed by atoms with van der Waals surface area (Å²) in [6.45, 7) is 3.48. The first-order valence-electron chi connectivity index (χ1n) is 3.98. The van der Waals surface area contributed by atoms with Crippen LogP contribution in [0, 0.1) is 11.2 Å². The zero-order valence-electron chi connectivity index (χ0n) is 7.70. The number of rotatable bonds is 3. The molecule has 74 valence electrons. The van der Waals surface area contributed by atoms with Gasteiger partial charge in [-0.1, -0.05) is 6.58 Å². The molecular formula is C10H10BrFN2. The number of hydrogen-bond donors (Lipinski definition) is 2. The first-order valence-corrected chi connectivity index (χ1v) is 4.77. The topological polar surface area (TPSA) is 35.9 Å². The first kappa shape index (κ1) is 10.9. The van der Waals surface area contributed by atoms with Crippen molar-refractivity contribution in [3.63, 3.8) is 0 Å². The summed E-state index contributed by atoms with van der Waals surface area (Å²) in [7, 11) is 1.72. The Morgan fingerprint density at radius 3 is 2.79 bits per heavy atom. The average molecular weight is 257 g/mol. The van der Waals surface area contributed by atoms with Crippen LogP contribution < -0.4 is 5.32 Å². The molecule has 0 aliphatic carbocycles. The molecule has 0 aliphatic rings. The lowest BCUT2D eigenvalue weighted by molar-refractivity contribution is 0.621. The van der Waals surface area contributed by atoms with Crippen molar-refractivity contribution >= 4 is 27.3 Å². The van der Waals surface area contributed by atoms with E-state index in [1.165, 1.54) is 12.1 Å². The molecule has 0 aliphatic heterocycles. The van der Waals surface area contributed by atoms with Crippen LogP contribution in [-0.2, 0) is 0 Å². The minimum atomic E-state index is -0.384. The van der Waals surface area contributed by atoms with E-state index in [9.17, 15) is 4.39 Å². The number of hydrogen-bond acceptors (Lipinski definition) is 2. The summed E-state index contributed by atoms with van der Waals surface area (Å²) in [6.07, 6.45) is 1.38. The van der Waals surface area contributed by atoms with E-state index in [4.69, 9.17) is 5.41 Å². The fraction of sp³-hybridized carbons (Fsp3) is 0.100. The van der Waals surface area contributed by atoms with Gasteiger partial charge in [0.05, 0.1) is 10.2 Å². The minimum Gasteiger partial charge on any atom is -0.388 e. The van der Waals surface area contributed by atoms with Gasteiger partial charge in [0.2, 0.25) is 0 Å². The molecule has 14 heavy (non-hydrogen) atoms. The largest absolute Gasteiger partial charge is 0.388 e. The summed E-state index contributed by atoms with van der Waals surface area (Å²) in [6, 6.07) is 2.91. The van der Waals surface area contributed by atoms with E-state index in [-0.39, 0.29) is 11.5 Å². The molecule has 0 bridgehead atoms. The third kappa shape index (κ3) is 2.01. The van der Waals surface area contributed by atoms with E-state index in [0.717, 1.165) is 0 Å². The molecule has 0 atom stereocenters. The van der Waals surface area contributed by atoms with Gasteiger partial charge in [-0.15, -0.1) is 0 Å². The molecule has 0 heterocycles. The van der Waals surface area contributed by atoms with E-state index in [1.807, 2.05) is 0 Å². The molecule has 1 aromatic carbocycles. The quantitative estimate of drug-likeness (QED) is 0.801. The van der Waals surface area contributed by atoms with Crippen LogP contribution in [0.1, 0.15) is 5.56 Å². The van der Waals surface area contributed by atoms with Crippen LogP contribution in [-0.4, -0.2) is 12.8 Å². The molecule has 0 radical (unpaired) electrons. The standard InChI is InChI=1S/C10H10BrFN2/c1-3-9(13)6-4-8(12)7(11)5-10(6)14-2/h3-5,13-14H,1H2,2H3. The van der Waals surface area contributed by atoms with Crippen molar-refractivity contribution < 1.29 is 4.39 Å². The first-order chi connectivity index (χ1) is 6.60. The second-order valence-electron chi connectivity index (χ2n) is 2.68. The second kappa shape index (κ2) is 4.37. The van der Waals surface area contributed by atoms with Gasteiger partial charge in [-0.3, -0.25) is 0 Å². The predicted octanol–water partition coefficient (Wildman–Crippen LogP) is 3.18. The van der Waals surface area contributed by atoms with Gasteiger partial charge in [0.1, 0.15) is 5.82 Å².